The Morgan fingerprint density at radius 3 is 2.59 bits per heavy atom. The highest BCUT2D eigenvalue weighted by Gasteiger charge is 2.25. The van der Waals surface area contributed by atoms with E-state index in [4.69, 9.17) is 0 Å². The van der Waals surface area contributed by atoms with Crippen LogP contribution in [0, 0.1) is 12.8 Å². The van der Waals surface area contributed by atoms with E-state index >= 15 is 0 Å². The van der Waals surface area contributed by atoms with Crippen molar-refractivity contribution in [1.29, 1.82) is 0 Å². The molecule has 1 N–H and O–H groups in total. The summed E-state index contributed by atoms with van der Waals surface area (Å²) < 4.78 is 0. The smallest absolute Gasteiger partial charge is 0.0798 e. The summed E-state index contributed by atoms with van der Waals surface area (Å²) in [5.41, 5.74) is 3.22. The standard InChI is InChI=1S/C14H24N2S/c1-3-15-13(14-11(2)16-10-17-14)12-8-6-4-5-7-9-12/h10,12-13,15H,3-9H2,1-2H3. The first kappa shape index (κ1) is 13.0. The largest absolute Gasteiger partial charge is 0.309 e. The fraction of sp³-hybridized carbons (Fsp3) is 0.786. The molecule has 0 spiro atoms. The number of nitrogens with zero attached hydrogens (tertiary/aromatic N) is 1. The highest BCUT2D eigenvalue weighted by molar-refractivity contribution is 7.09. The molecule has 2 rings (SSSR count). The molecule has 0 radical (unpaired) electrons. The lowest BCUT2D eigenvalue weighted by atomic mass is 9.90. The lowest BCUT2D eigenvalue weighted by molar-refractivity contribution is 0.333. The second-order valence-corrected chi connectivity index (χ2v) is 5.98. The van der Waals surface area contributed by atoms with E-state index in [2.05, 4.69) is 24.1 Å². The van der Waals surface area contributed by atoms with Gasteiger partial charge in [-0.15, -0.1) is 11.3 Å². The minimum atomic E-state index is 0.547. The van der Waals surface area contributed by atoms with Crippen LogP contribution in [0.4, 0.5) is 0 Å². The van der Waals surface area contributed by atoms with Crippen LogP contribution in [0.15, 0.2) is 5.51 Å². The quantitative estimate of drug-likeness (QED) is 0.817. The van der Waals surface area contributed by atoms with Crippen molar-refractivity contribution in [2.75, 3.05) is 6.54 Å². The fourth-order valence-corrected chi connectivity index (χ4v) is 3.92. The van der Waals surface area contributed by atoms with E-state index in [1.807, 2.05) is 16.8 Å². The number of aryl methyl sites for hydroxylation is 1. The highest BCUT2D eigenvalue weighted by Crippen LogP contribution is 2.36. The molecule has 0 amide bonds. The Hall–Kier alpha value is -0.410. The first-order valence-electron chi connectivity index (χ1n) is 6.96. The molecule has 1 aliphatic rings. The van der Waals surface area contributed by atoms with Crippen molar-refractivity contribution in [3.63, 3.8) is 0 Å². The Balaban J connectivity index is 2.13. The first-order chi connectivity index (χ1) is 8.33. The van der Waals surface area contributed by atoms with Gasteiger partial charge in [0, 0.05) is 10.9 Å². The van der Waals surface area contributed by atoms with Crippen LogP contribution in [-0.2, 0) is 0 Å². The van der Waals surface area contributed by atoms with Crippen molar-refractivity contribution < 1.29 is 0 Å². The Labute approximate surface area is 109 Å². The van der Waals surface area contributed by atoms with Crippen LogP contribution in [0.2, 0.25) is 0 Å². The van der Waals surface area contributed by atoms with Crippen LogP contribution in [0.5, 0.6) is 0 Å². The van der Waals surface area contributed by atoms with Crippen LogP contribution in [-0.4, -0.2) is 11.5 Å². The fourth-order valence-electron chi connectivity index (χ4n) is 2.95. The van der Waals surface area contributed by atoms with Crippen molar-refractivity contribution in [2.24, 2.45) is 5.92 Å². The summed E-state index contributed by atoms with van der Waals surface area (Å²) in [6.45, 7) is 5.41. The summed E-state index contributed by atoms with van der Waals surface area (Å²) in [4.78, 5) is 5.89. The number of aromatic nitrogens is 1. The molecule has 1 aromatic heterocycles. The Morgan fingerprint density at radius 1 is 1.35 bits per heavy atom. The van der Waals surface area contributed by atoms with Crippen molar-refractivity contribution in [3.8, 4) is 0 Å². The summed E-state index contributed by atoms with van der Waals surface area (Å²) in [7, 11) is 0. The third-order valence-electron chi connectivity index (χ3n) is 3.86. The molecule has 17 heavy (non-hydrogen) atoms. The molecule has 1 fully saturated rings. The van der Waals surface area contributed by atoms with E-state index in [-0.39, 0.29) is 0 Å². The molecule has 1 aromatic rings. The van der Waals surface area contributed by atoms with Gasteiger partial charge >= 0.3 is 0 Å². The van der Waals surface area contributed by atoms with Crippen LogP contribution >= 0.6 is 11.3 Å². The molecule has 1 aliphatic carbocycles. The predicted molar refractivity (Wildman–Crippen MR) is 74.5 cm³/mol. The Bertz CT molecular complexity index is 327. The second-order valence-electron chi connectivity index (χ2n) is 5.09. The maximum absolute atomic E-state index is 4.42. The first-order valence-corrected chi connectivity index (χ1v) is 7.84. The average molecular weight is 252 g/mol. The van der Waals surface area contributed by atoms with Gasteiger partial charge in [-0.05, 0) is 32.2 Å². The predicted octanol–water partition coefficient (Wildman–Crippen LogP) is 4.07. The molecule has 0 aliphatic heterocycles. The van der Waals surface area contributed by atoms with Gasteiger partial charge in [-0.1, -0.05) is 32.6 Å². The number of nitrogens with one attached hydrogen (secondary N) is 1. The summed E-state index contributed by atoms with van der Waals surface area (Å²) in [5.74, 6) is 0.816. The van der Waals surface area contributed by atoms with Gasteiger partial charge in [-0.3, -0.25) is 0 Å². The van der Waals surface area contributed by atoms with Crippen LogP contribution in [0.1, 0.15) is 62.1 Å². The lowest BCUT2D eigenvalue weighted by Gasteiger charge is -2.26. The molecular weight excluding hydrogens is 228 g/mol. The number of hydrogen-bond acceptors (Lipinski definition) is 3. The van der Waals surface area contributed by atoms with Gasteiger partial charge in [0.25, 0.3) is 0 Å². The van der Waals surface area contributed by atoms with E-state index in [1.54, 1.807) is 0 Å². The molecule has 2 nitrogen and oxygen atoms in total. The van der Waals surface area contributed by atoms with Crippen LogP contribution in [0.3, 0.4) is 0 Å². The maximum Gasteiger partial charge on any atom is 0.0798 e. The number of hydrogen-bond donors (Lipinski definition) is 1. The zero-order valence-electron chi connectivity index (χ0n) is 11.0. The molecular formula is C14H24N2S. The van der Waals surface area contributed by atoms with Crippen LogP contribution in [0.25, 0.3) is 0 Å². The third-order valence-corrected chi connectivity index (χ3v) is 4.87. The topological polar surface area (TPSA) is 24.9 Å². The number of thiazole rings is 1. The van der Waals surface area contributed by atoms with Gasteiger partial charge in [-0.25, -0.2) is 4.98 Å². The van der Waals surface area contributed by atoms with Crippen molar-refractivity contribution >= 4 is 11.3 Å². The van der Waals surface area contributed by atoms with Crippen molar-refractivity contribution in [3.05, 3.63) is 16.1 Å². The Morgan fingerprint density at radius 2 is 2.06 bits per heavy atom. The Kier molecular flexibility index (Phi) is 4.99. The van der Waals surface area contributed by atoms with Gasteiger partial charge in [0.2, 0.25) is 0 Å². The molecule has 0 bridgehead atoms. The van der Waals surface area contributed by atoms with Crippen molar-refractivity contribution in [2.45, 2.75) is 58.4 Å². The summed E-state index contributed by atoms with van der Waals surface area (Å²) in [6, 6.07) is 0.547. The van der Waals surface area contributed by atoms with Gasteiger partial charge in [-0.2, -0.15) is 0 Å². The monoisotopic (exact) mass is 252 g/mol. The summed E-state index contributed by atoms with van der Waals surface area (Å²) in [5, 5.41) is 3.69. The van der Waals surface area contributed by atoms with Gasteiger partial charge in [0.15, 0.2) is 0 Å². The maximum atomic E-state index is 4.42. The average Bonchev–Trinajstić information content (AvgIpc) is 2.60. The van der Waals surface area contributed by atoms with Gasteiger partial charge in [0.1, 0.15) is 0 Å². The van der Waals surface area contributed by atoms with Crippen LogP contribution < -0.4 is 5.32 Å². The molecule has 1 atom stereocenters. The second kappa shape index (κ2) is 6.50. The highest BCUT2D eigenvalue weighted by atomic mass is 32.1. The SMILES string of the molecule is CCNC(c1scnc1C)C1CCCCCC1. The number of rotatable bonds is 4. The zero-order valence-corrected chi connectivity index (χ0v) is 11.9. The van der Waals surface area contributed by atoms with E-state index in [0.717, 1.165) is 12.5 Å². The minimum Gasteiger partial charge on any atom is -0.309 e. The third kappa shape index (κ3) is 3.29. The molecule has 0 saturated heterocycles. The van der Waals surface area contributed by atoms with Gasteiger partial charge in [0.05, 0.1) is 11.2 Å². The van der Waals surface area contributed by atoms with Crippen molar-refractivity contribution in [1.82, 2.24) is 10.3 Å². The molecule has 1 unspecified atom stereocenters. The summed E-state index contributed by atoms with van der Waals surface area (Å²) >= 11 is 1.82. The molecule has 96 valence electrons. The van der Waals surface area contributed by atoms with E-state index in [1.165, 1.54) is 49.1 Å². The molecule has 1 saturated carbocycles. The lowest BCUT2D eigenvalue weighted by Crippen LogP contribution is -2.28. The van der Waals surface area contributed by atoms with E-state index in [0.29, 0.717) is 6.04 Å². The van der Waals surface area contributed by atoms with E-state index < -0.39 is 0 Å². The normalized spacial score (nSPS) is 20.1. The molecule has 0 aromatic carbocycles. The minimum absolute atomic E-state index is 0.547. The van der Waals surface area contributed by atoms with E-state index in [9.17, 15) is 0 Å². The van der Waals surface area contributed by atoms with Gasteiger partial charge < -0.3 is 5.32 Å². The molecule has 3 heteroatoms. The molecule has 1 heterocycles. The zero-order chi connectivity index (χ0) is 12.1. The summed E-state index contributed by atoms with van der Waals surface area (Å²) in [6.07, 6.45) is 8.44.